The average Bonchev–Trinajstić information content (AvgIpc) is 2.53. The fourth-order valence-corrected chi connectivity index (χ4v) is 2.72. The molecule has 2 atom stereocenters. The number of amides is 1. The molecule has 0 N–H and O–H groups in total. The smallest absolute Gasteiger partial charge is 0.235 e. The van der Waals surface area contributed by atoms with Gasteiger partial charge in [-0.25, -0.2) is 0 Å². The van der Waals surface area contributed by atoms with Gasteiger partial charge in [-0.15, -0.1) is 0 Å². The summed E-state index contributed by atoms with van der Waals surface area (Å²) in [6.45, 7) is 8.24. The number of hydrogen-bond donors (Lipinski definition) is 1. The number of carbonyl (C=O) groups excluding carboxylic acids is 1. The number of likely N-dealkylation sites (tertiary alicyclic amines) is 1. The van der Waals surface area contributed by atoms with Gasteiger partial charge in [0, 0.05) is 13.1 Å². The average molecular weight is 257 g/mol. The maximum atomic E-state index is 12.2. The van der Waals surface area contributed by atoms with E-state index in [0.29, 0.717) is 5.92 Å². The Morgan fingerprint density at radius 1 is 1.35 bits per heavy atom. The molecular weight excluding hydrogens is 230 g/mol. The molecule has 0 aromatic rings. The van der Waals surface area contributed by atoms with E-state index < -0.39 is 0 Å². The predicted octanol–water partition coefficient (Wildman–Crippen LogP) is 3.37. The SMILES string of the molecule is CCCC1CCCN(C(=O)C(S)C(C)C)CC1. The summed E-state index contributed by atoms with van der Waals surface area (Å²) in [7, 11) is 0. The lowest BCUT2D eigenvalue weighted by Gasteiger charge is -2.25. The second-order valence-electron chi connectivity index (χ2n) is 5.60. The van der Waals surface area contributed by atoms with Gasteiger partial charge < -0.3 is 4.90 Å². The minimum atomic E-state index is -0.127. The van der Waals surface area contributed by atoms with Crippen LogP contribution in [0.3, 0.4) is 0 Å². The van der Waals surface area contributed by atoms with E-state index in [1.54, 1.807) is 0 Å². The molecular formula is C14H27NOS. The van der Waals surface area contributed by atoms with Crippen molar-refractivity contribution in [2.24, 2.45) is 11.8 Å². The maximum absolute atomic E-state index is 12.2. The molecule has 0 bridgehead atoms. The monoisotopic (exact) mass is 257 g/mol. The zero-order valence-electron chi connectivity index (χ0n) is 11.5. The van der Waals surface area contributed by atoms with Crippen molar-refractivity contribution >= 4 is 18.5 Å². The summed E-state index contributed by atoms with van der Waals surface area (Å²) >= 11 is 4.44. The fraction of sp³-hybridized carbons (Fsp3) is 0.929. The first kappa shape index (κ1) is 14.9. The lowest BCUT2D eigenvalue weighted by Crippen LogP contribution is -2.39. The van der Waals surface area contributed by atoms with E-state index in [-0.39, 0.29) is 11.2 Å². The van der Waals surface area contributed by atoms with Gasteiger partial charge in [0.2, 0.25) is 5.91 Å². The molecule has 0 aromatic heterocycles. The summed E-state index contributed by atoms with van der Waals surface area (Å²) in [6, 6.07) is 0. The van der Waals surface area contributed by atoms with Crippen LogP contribution >= 0.6 is 12.6 Å². The van der Waals surface area contributed by atoms with Crippen LogP contribution in [0.4, 0.5) is 0 Å². The standard InChI is InChI=1S/C14H27NOS/c1-4-6-12-7-5-9-15(10-8-12)14(16)13(17)11(2)3/h11-13,17H,4-10H2,1-3H3. The van der Waals surface area contributed by atoms with E-state index >= 15 is 0 Å². The van der Waals surface area contributed by atoms with E-state index in [2.05, 4.69) is 33.4 Å². The Morgan fingerprint density at radius 2 is 2.06 bits per heavy atom. The molecule has 1 saturated heterocycles. The molecule has 0 saturated carbocycles. The normalized spacial score (nSPS) is 23.6. The lowest BCUT2D eigenvalue weighted by atomic mass is 9.96. The van der Waals surface area contributed by atoms with Crippen molar-refractivity contribution in [3.8, 4) is 0 Å². The topological polar surface area (TPSA) is 20.3 Å². The van der Waals surface area contributed by atoms with Gasteiger partial charge in [0.25, 0.3) is 0 Å². The Balaban J connectivity index is 2.48. The van der Waals surface area contributed by atoms with Gasteiger partial charge in [0.15, 0.2) is 0 Å². The summed E-state index contributed by atoms with van der Waals surface area (Å²) in [5.41, 5.74) is 0. The third-order valence-corrected chi connectivity index (χ3v) is 4.56. The van der Waals surface area contributed by atoms with Crippen molar-refractivity contribution in [2.45, 2.75) is 58.1 Å². The van der Waals surface area contributed by atoms with Crippen LogP contribution < -0.4 is 0 Å². The third kappa shape index (κ3) is 4.53. The molecule has 0 aromatic carbocycles. The van der Waals surface area contributed by atoms with Crippen LogP contribution in [0.5, 0.6) is 0 Å². The van der Waals surface area contributed by atoms with Gasteiger partial charge in [-0.2, -0.15) is 12.6 Å². The van der Waals surface area contributed by atoms with Gasteiger partial charge in [0.1, 0.15) is 0 Å². The van der Waals surface area contributed by atoms with E-state index in [0.717, 1.165) is 25.4 Å². The zero-order valence-corrected chi connectivity index (χ0v) is 12.4. The lowest BCUT2D eigenvalue weighted by molar-refractivity contribution is -0.131. The molecule has 1 aliphatic heterocycles. The summed E-state index contributed by atoms with van der Waals surface area (Å²) in [4.78, 5) is 14.2. The van der Waals surface area contributed by atoms with Crippen LogP contribution in [-0.4, -0.2) is 29.1 Å². The number of thiol groups is 1. The molecule has 0 radical (unpaired) electrons. The summed E-state index contributed by atoms with van der Waals surface area (Å²) < 4.78 is 0. The summed E-state index contributed by atoms with van der Waals surface area (Å²) in [5.74, 6) is 1.39. The van der Waals surface area contributed by atoms with Crippen LogP contribution in [0, 0.1) is 11.8 Å². The highest BCUT2D eigenvalue weighted by atomic mass is 32.1. The van der Waals surface area contributed by atoms with E-state index in [9.17, 15) is 4.79 Å². The highest BCUT2D eigenvalue weighted by molar-refractivity contribution is 7.81. The minimum absolute atomic E-state index is 0.127. The second-order valence-corrected chi connectivity index (χ2v) is 6.16. The Morgan fingerprint density at radius 3 is 2.65 bits per heavy atom. The van der Waals surface area contributed by atoms with E-state index in [4.69, 9.17) is 0 Å². The summed E-state index contributed by atoms with van der Waals surface area (Å²) in [6.07, 6.45) is 6.21. The molecule has 1 fully saturated rings. The number of carbonyl (C=O) groups is 1. The molecule has 1 amide bonds. The first-order chi connectivity index (χ1) is 8.06. The second kappa shape index (κ2) is 7.30. The molecule has 2 nitrogen and oxygen atoms in total. The van der Waals surface area contributed by atoms with Gasteiger partial charge >= 0.3 is 0 Å². The quantitative estimate of drug-likeness (QED) is 0.766. The predicted molar refractivity (Wildman–Crippen MR) is 76.4 cm³/mol. The zero-order chi connectivity index (χ0) is 12.8. The van der Waals surface area contributed by atoms with Crippen LogP contribution in [0.15, 0.2) is 0 Å². The van der Waals surface area contributed by atoms with Crippen molar-refractivity contribution in [3.05, 3.63) is 0 Å². The van der Waals surface area contributed by atoms with Crippen molar-refractivity contribution in [1.29, 1.82) is 0 Å². The van der Waals surface area contributed by atoms with Crippen LogP contribution in [0.1, 0.15) is 52.9 Å². The van der Waals surface area contributed by atoms with Gasteiger partial charge in [-0.05, 0) is 31.1 Å². The molecule has 100 valence electrons. The van der Waals surface area contributed by atoms with Gasteiger partial charge in [0.05, 0.1) is 5.25 Å². The van der Waals surface area contributed by atoms with Crippen molar-refractivity contribution in [1.82, 2.24) is 4.90 Å². The molecule has 1 aliphatic rings. The van der Waals surface area contributed by atoms with E-state index in [1.165, 1.54) is 25.7 Å². The molecule has 3 heteroatoms. The van der Waals surface area contributed by atoms with Crippen molar-refractivity contribution < 1.29 is 4.79 Å². The van der Waals surface area contributed by atoms with Crippen LogP contribution in [0.2, 0.25) is 0 Å². The Kier molecular flexibility index (Phi) is 6.39. The minimum Gasteiger partial charge on any atom is -0.342 e. The third-order valence-electron chi connectivity index (χ3n) is 3.74. The number of rotatable bonds is 4. The number of nitrogens with zero attached hydrogens (tertiary/aromatic N) is 1. The highest BCUT2D eigenvalue weighted by Gasteiger charge is 2.26. The first-order valence-electron chi connectivity index (χ1n) is 7.03. The Bertz CT molecular complexity index is 242. The van der Waals surface area contributed by atoms with Crippen LogP contribution in [-0.2, 0) is 4.79 Å². The summed E-state index contributed by atoms with van der Waals surface area (Å²) in [5, 5.41) is -0.127. The Labute approximate surface area is 112 Å². The van der Waals surface area contributed by atoms with E-state index in [1.807, 2.05) is 4.90 Å². The van der Waals surface area contributed by atoms with Gasteiger partial charge in [-0.3, -0.25) is 4.79 Å². The fourth-order valence-electron chi connectivity index (χ4n) is 2.55. The largest absolute Gasteiger partial charge is 0.342 e. The van der Waals surface area contributed by atoms with Crippen LogP contribution in [0.25, 0.3) is 0 Å². The molecule has 0 spiro atoms. The van der Waals surface area contributed by atoms with Crippen molar-refractivity contribution in [3.63, 3.8) is 0 Å². The van der Waals surface area contributed by atoms with Crippen molar-refractivity contribution in [2.75, 3.05) is 13.1 Å². The molecule has 2 unspecified atom stereocenters. The molecule has 17 heavy (non-hydrogen) atoms. The maximum Gasteiger partial charge on any atom is 0.235 e. The highest BCUT2D eigenvalue weighted by Crippen LogP contribution is 2.23. The first-order valence-corrected chi connectivity index (χ1v) is 7.54. The number of hydrogen-bond acceptors (Lipinski definition) is 2. The Hall–Kier alpha value is -0.180. The van der Waals surface area contributed by atoms with Gasteiger partial charge in [-0.1, -0.05) is 33.6 Å². The molecule has 0 aliphatic carbocycles. The molecule has 1 rings (SSSR count). The molecule has 1 heterocycles.